The van der Waals surface area contributed by atoms with Crippen LogP contribution in [0.3, 0.4) is 0 Å². The molecule has 23 heavy (non-hydrogen) atoms. The van der Waals surface area contributed by atoms with Crippen LogP contribution in [0.25, 0.3) is 0 Å². The molecule has 0 fully saturated rings. The summed E-state index contributed by atoms with van der Waals surface area (Å²) in [5.74, 6) is 0.0884. The Morgan fingerprint density at radius 2 is 1.61 bits per heavy atom. The van der Waals surface area contributed by atoms with Crippen molar-refractivity contribution in [2.45, 2.75) is 53.5 Å². The first-order chi connectivity index (χ1) is 10.9. The summed E-state index contributed by atoms with van der Waals surface area (Å²) in [7, 11) is 0. The molecule has 1 N–H and O–H groups in total. The number of aryl methyl sites for hydroxylation is 4. The molecule has 0 heterocycles. The standard InChI is InChI=1S/C21H27NO/c1-6-20(19-10-8-14(2)11-17(19)5)22-21(23)13-18-12-15(3)7-9-16(18)4/h7-12,20H,6,13H2,1-5H3,(H,22,23)/t20-/m1/s1. The minimum Gasteiger partial charge on any atom is -0.349 e. The van der Waals surface area contributed by atoms with Gasteiger partial charge in [-0.3, -0.25) is 4.79 Å². The van der Waals surface area contributed by atoms with Gasteiger partial charge in [-0.1, -0.05) is 54.4 Å². The summed E-state index contributed by atoms with van der Waals surface area (Å²) < 4.78 is 0. The fraction of sp³-hybridized carbons (Fsp3) is 0.381. The van der Waals surface area contributed by atoms with E-state index in [1.54, 1.807) is 0 Å². The van der Waals surface area contributed by atoms with Crippen molar-refractivity contribution >= 4 is 5.91 Å². The highest BCUT2D eigenvalue weighted by atomic mass is 16.1. The summed E-state index contributed by atoms with van der Waals surface area (Å²) in [6, 6.07) is 12.8. The maximum absolute atomic E-state index is 12.5. The fourth-order valence-corrected chi connectivity index (χ4v) is 3.03. The maximum atomic E-state index is 12.5. The van der Waals surface area contributed by atoms with Crippen LogP contribution in [-0.4, -0.2) is 5.91 Å². The van der Waals surface area contributed by atoms with Crippen LogP contribution < -0.4 is 5.32 Å². The Morgan fingerprint density at radius 3 is 2.26 bits per heavy atom. The number of rotatable bonds is 5. The highest BCUT2D eigenvalue weighted by molar-refractivity contribution is 5.79. The third-order valence-corrected chi connectivity index (χ3v) is 4.40. The van der Waals surface area contributed by atoms with Gasteiger partial charge in [-0.15, -0.1) is 0 Å². The lowest BCUT2D eigenvalue weighted by Crippen LogP contribution is -2.30. The Morgan fingerprint density at radius 1 is 0.957 bits per heavy atom. The first-order valence-electron chi connectivity index (χ1n) is 8.33. The minimum absolute atomic E-state index is 0.0771. The molecule has 2 rings (SSSR count). The molecule has 2 aromatic carbocycles. The largest absolute Gasteiger partial charge is 0.349 e. The highest BCUT2D eigenvalue weighted by Crippen LogP contribution is 2.22. The van der Waals surface area contributed by atoms with Gasteiger partial charge in [0.25, 0.3) is 0 Å². The average Bonchev–Trinajstić information content (AvgIpc) is 2.49. The third-order valence-electron chi connectivity index (χ3n) is 4.40. The van der Waals surface area contributed by atoms with Gasteiger partial charge in [-0.25, -0.2) is 0 Å². The van der Waals surface area contributed by atoms with Crippen LogP contribution >= 0.6 is 0 Å². The molecule has 122 valence electrons. The quantitative estimate of drug-likeness (QED) is 0.850. The molecule has 1 atom stereocenters. The van der Waals surface area contributed by atoms with E-state index in [4.69, 9.17) is 0 Å². The predicted octanol–water partition coefficient (Wildman–Crippen LogP) is 4.73. The summed E-state index contributed by atoms with van der Waals surface area (Å²) in [6.07, 6.45) is 1.33. The zero-order chi connectivity index (χ0) is 17.0. The predicted molar refractivity (Wildman–Crippen MR) is 96.7 cm³/mol. The molecular weight excluding hydrogens is 282 g/mol. The Balaban J connectivity index is 2.12. The normalized spacial score (nSPS) is 12.0. The smallest absolute Gasteiger partial charge is 0.224 e. The van der Waals surface area contributed by atoms with Gasteiger partial charge < -0.3 is 5.32 Å². The van der Waals surface area contributed by atoms with Crippen LogP contribution in [0.4, 0.5) is 0 Å². The van der Waals surface area contributed by atoms with Crippen molar-refractivity contribution in [1.29, 1.82) is 0 Å². The summed E-state index contributed by atoms with van der Waals surface area (Å²) in [5, 5.41) is 3.20. The molecule has 0 unspecified atom stereocenters. The first kappa shape index (κ1) is 17.3. The molecule has 2 aromatic rings. The lowest BCUT2D eigenvalue weighted by Gasteiger charge is -2.20. The average molecular weight is 309 g/mol. The van der Waals surface area contributed by atoms with Gasteiger partial charge in [0.05, 0.1) is 12.5 Å². The van der Waals surface area contributed by atoms with Crippen molar-refractivity contribution in [1.82, 2.24) is 5.32 Å². The van der Waals surface area contributed by atoms with E-state index in [0.717, 1.165) is 12.0 Å². The summed E-state index contributed by atoms with van der Waals surface area (Å²) in [6.45, 7) is 10.4. The van der Waals surface area contributed by atoms with Crippen LogP contribution in [0.15, 0.2) is 36.4 Å². The van der Waals surface area contributed by atoms with E-state index in [1.165, 1.54) is 27.8 Å². The molecule has 0 aliphatic rings. The Labute approximate surface area is 139 Å². The van der Waals surface area contributed by atoms with Gasteiger partial charge in [0, 0.05) is 0 Å². The molecule has 0 aliphatic heterocycles. The Bertz CT molecular complexity index is 703. The fourth-order valence-electron chi connectivity index (χ4n) is 3.03. The second-order valence-electron chi connectivity index (χ2n) is 6.50. The number of benzene rings is 2. The molecule has 2 heteroatoms. The highest BCUT2D eigenvalue weighted by Gasteiger charge is 2.15. The third kappa shape index (κ3) is 4.44. The Kier molecular flexibility index (Phi) is 5.59. The molecular formula is C21H27NO. The van der Waals surface area contributed by atoms with Gasteiger partial charge in [-0.05, 0) is 56.4 Å². The van der Waals surface area contributed by atoms with E-state index in [2.05, 4.69) is 76.3 Å². The molecule has 1 amide bonds. The molecule has 0 spiro atoms. The molecule has 0 aliphatic carbocycles. The zero-order valence-corrected chi connectivity index (χ0v) is 14.9. The lowest BCUT2D eigenvalue weighted by atomic mass is 9.97. The first-order valence-corrected chi connectivity index (χ1v) is 8.33. The number of carbonyl (C=O) groups is 1. The molecule has 0 radical (unpaired) electrons. The lowest BCUT2D eigenvalue weighted by molar-refractivity contribution is -0.121. The Hall–Kier alpha value is -2.09. The number of carbonyl (C=O) groups excluding carboxylic acids is 1. The van der Waals surface area contributed by atoms with Crippen LogP contribution in [0, 0.1) is 27.7 Å². The van der Waals surface area contributed by atoms with Crippen LogP contribution in [0.2, 0.25) is 0 Å². The number of amides is 1. The monoisotopic (exact) mass is 309 g/mol. The van der Waals surface area contributed by atoms with Crippen LogP contribution in [0.5, 0.6) is 0 Å². The minimum atomic E-state index is 0.0771. The van der Waals surface area contributed by atoms with Crippen molar-refractivity contribution < 1.29 is 4.79 Å². The van der Waals surface area contributed by atoms with E-state index < -0.39 is 0 Å². The van der Waals surface area contributed by atoms with Crippen LogP contribution in [0.1, 0.15) is 52.8 Å². The second-order valence-corrected chi connectivity index (χ2v) is 6.50. The number of nitrogens with one attached hydrogen (secondary N) is 1. The van der Waals surface area contributed by atoms with Gasteiger partial charge in [0.15, 0.2) is 0 Å². The second kappa shape index (κ2) is 7.45. The van der Waals surface area contributed by atoms with Gasteiger partial charge in [0.2, 0.25) is 5.91 Å². The molecule has 0 aromatic heterocycles. The van der Waals surface area contributed by atoms with Crippen molar-refractivity contribution in [3.05, 3.63) is 69.8 Å². The van der Waals surface area contributed by atoms with E-state index in [1.807, 2.05) is 0 Å². The SMILES string of the molecule is CC[C@@H](NC(=O)Cc1cc(C)ccc1C)c1ccc(C)cc1C. The molecule has 2 nitrogen and oxygen atoms in total. The van der Waals surface area contributed by atoms with Crippen LogP contribution in [-0.2, 0) is 11.2 Å². The van der Waals surface area contributed by atoms with Crippen molar-refractivity contribution in [3.63, 3.8) is 0 Å². The van der Waals surface area contributed by atoms with Gasteiger partial charge in [-0.2, -0.15) is 0 Å². The molecule has 0 saturated carbocycles. The summed E-state index contributed by atoms with van der Waals surface area (Å²) in [5.41, 5.74) is 7.18. The molecule has 0 bridgehead atoms. The van der Waals surface area contributed by atoms with E-state index >= 15 is 0 Å². The molecule has 0 saturated heterocycles. The van der Waals surface area contributed by atoms with Crippen molar-refractivity contribution in [3.8, 4) is 0 Å². The summed E-state index contributed by atoms with van der Waals surface area (Å²) in [4.78, 5) is 12.5. The van der Waals surface area contributed by atoms with Crippen molar-refractivity contribution in [2.24, 2.45) is 0 Å². The van der Waals surface area contributed by atoms with E-state index in [9.17, 15) is 4.79 Å². The number of hydrogen-bond acceptors (Lipinski definition) is 1. The zero-order valence-electron chi connectivity index (χ0n) is 14.9. The topological polar surface area (TPSA) is 29.1 Å². The van der Waals surface area contributed by atoms with Crippen molar-refractivity contribution in [2.75, 3.05) is 0 Å². The van der Waals surface area contributed by atoms with Gasteiger partial charge in [0.1, 0.15) is 0 Å². The summed E-state index contributed by atoms with van der Waals surface area (Å²) >= 11 is 0. The number of hydrogen-bond donors (Lipinski definition) is 1. The van der Waals surface area contributed by atoms with Gasteiger partial charge >= 0.3 is 0 Å². The maximum Gasteiger partial charge on any atom is 0.224 e. The van der Waals surface area contributed by atoms with E-state index in [-0.39, 0.29) is 11.9 Å². The van der Waals surface area contributed by atoms with E-state index in [0.29, 0.717) is 6.42 Å².